The number of hydrogen-bond acceptors (Lipinski definition) is 6. The van der Waals surface area contributed by atoms with E-state index in [0.29, 0.717) is 24.7 Å². The van der Waals surface area contributed by atoms with Crippen molar-refractivity contribution in [1.82, 2.24) is 14.7 Å². The lowest BCUT2D eigenvalue weighted by atomic mass is 10.1. The van der Waals surface area contributed by atoms with Gasteiger partial charge in [-0.2, -0.15) is 0 Å². The molecular weight excluding hydrogens is 326 g/mol. The summed E-state index contributed by atoms with van der Waals surface area (Å²) in [6.45, 7) is 3.76. The van der Waals surface area contributed by atoms with Crippen LogP contribution in [0.15, 0.2) is 40.6 Å². The number of fused-ring (bicyclic) bond motifs is 2. The second kappa shape index (κ2) is 6.26. The van der Waals surface area contributed by atoms with Gasteiger partial charge in [-0.15, -0.1) is 11.3 Å². The van der Waals surface area contributed by atoms with Gasteiger partial charge in [-0.05, 0) is 24.6 Å². The monoisotopic (exact) mass is 343 g/mol. The minimum Gasteiger partial charge on any atom is -0.486 e. The Bertz CT molecular complexity index is 934. The minimum atomic E-state index is -0.0509. The maximum Gasteiger partial charge on any atom is 0.258 e. The number of thiazole rings is 1. The Morgan fingerprint density at radius 2 is 2.12 bits per heavy atom. The molecule has 7 heteroatoms. The molecule has 1 aromatic carbocycles. The summed E-state index contributed by atoms with van der Waals surface area (Å²) in [4.78, 5) is 17.2. The van der Waals surface area contributed by atoms with Gasteiger partial charge in [-0.25, -0.2) is 4.98 Å². The van der Waals surface area contributed by atoms with Crippen LogP contribution in [0.5, 0.6) is 11.5 Å². The van der Waals surface area contributed by atoms with Crippen molar-refractivity contribution in [3.63, 3.8) is 0 Å². The highest BCUT2D eigenvalue weighted by atomic mass is 32.1. The molecule has 2 aromatic heterocycles. The minimum absolute atomic E-state index is 0.0509. The van der Waals surface area contributed by atoms with Crippen molar-refractivity contribution in [3.05, 3.63) is 57.5 Å². The summed E-state index contributed by atoms with van der Waals surface area (Å²) in [6.07, 6.45) is 1.74. The van der Waals surface area contributed by atoms with Gasteiger partial charge in [0.1, 0.15) is 13.2 Å². The Labute approximate surface area is 142 Å². The fraction of sp³-hybridized carbons (Fsp3) is 0.294. The van der Waals surface area contributed by atoms with Crippen LogP contribution in [0.4, 0.5) is 0 Å². The van der Waals surface area contributed by atoms with E-state index in [1.807, 2.05) is 23.6 Å². The van der Waals surface area contributed by atoms with Crippen LogP contribution in [-0.4, -0.2) is 22.6 Å². The predicted octanol–water partition coefficient (Wildman–Crippen LogP) is 2.38. The van der Waals surface area contributed by atoms with Gasteiger partial charge < -0.3 is 14.8 Å². The van der Waals surface area contributed by atoms with Crippen molar-refractivity contribution < 1.29 is 9.47 Å². The van der Waals surface area contributed by atoms with Crippen molar-refractivity contribution in [2.75, 3.05) is 13.2 Å². The van der Waals surface area contributed by atoms with Crippen molar-refractivity contribution in [3.8, 4) is 11.5 Å². The SMILES string of the molecule is CC(NCc1cc(=O)n2ccsc2n1)c1ccc2c(c1)OCCO2. The predicted molar refractivity (Wildman–Crippen MR) is 92.0 cm³/mol. The molecule has 1 aliphatic rings. The Balaban J connectivity index is 1.49. The first-order chi connectivity index (χ1) is 11.7. The third-order valence-electron chi connectivity index (χ3n) is 4.01. The van der Waals surface area contributed by atoms with Gasteiger partial charge in [-0.1, -0.05) is 6.07 Å². The number of rotatable bonds is 4. The Kier molecular flexibility index (Phi) is 3.95. The summed E-state index contributed by atoms with van der Waals surface area (Å²) >= 11 is 1.46. The molecule has 0 fully saturated rings. The maximum atomic E-state index is 12.0. The number of benzene rings is 1. The highest BCUT2D eigenvalue weighted by Crippen LogP contribution is 2.32. The number of aromatic nitrogens is 2. The van der Waals surface area contributed by atoms with E-state index in [1.54, 1.807) is 16.7 Å². The molecule has 0 bridgehead atoms. The van der Waals surface area contributed by atoms with Gasteiger partial charge in [0, 0.05) is 30.2 Å². The van der Waals surface area contributed by atoms with Gasteiger partial charge in [0.2, 0.25) is 0 Å². The van der Waals surface area contributed by atoms with Gasteiger partial charge in [0.05, 0.1) is 5.69 Å². The normalized spacial score (nSPS) is 14.7. The standard InChI is InChI=1S/C17H17N3O3S/c1-11(12-2-3-14-15(8-12)23-6-5-22-14)18-10-13-9-16(21)20-4-7-24-17(20)19-13/h2-4,7-9,11,18H,5-6,10H2,1H3. The van der Waals surface area contributed by atoms with Crippen molar-refractivity contribution in [2.24, 2.45) is 0 Å². The Hall–Kier alpha value is -2.38. The summed E-state index contributed by atoms with van der Waals surface area (Å²) in [7, 11) is 0. The lowest BCUT2D eigenvalue weighted by Crippen LogP contribution is -2.22. The number of hydrogen-bond donors (Lipinski definition) is 1. The molecule has 0 saturated heterocycles. The van der Waals surface area contributed by atoms with E-state index in [0.717, 1.165) is 22.8 Å². The third kappa shape index (κ3) is 2.88. The molecular formula is C17H17N3O3S. The molecule has 1 unspecified atom stereocenters. The highest BCUT2D eigenvalue weighted by Gasteiger charge is 2.14. The first kappa shape index (κ1) is 15.2. The second-order valence-corrected chi connectivity index (χ2v) is 6.52. The third-order valence-corrected chi connectivity index (χ3v) is 4.77. The van der Waals surface area contributed by atoms with Crippen LogP contribution in [0.3, 0.4) is 0 Å². The fourth-order valence-electron chi connectivity index (χ4n) is 2.68. The summed E-state index contributed by atoms with van der Waals surface area (Å²) in [5, 5.41) is 5.26. The van der Waals surface area contributed by atoms with Crippen molar-refractivity contribution in [1.29, 1.82) is 0 Å². The first-order valence-corrected chi connectivity index (χ1v) is 8.67. The average Bonchev–Trinajstić information content (AvgIpc) is 3.08. The zero-order chi connectivity index (χ0) is 16.5. The summed E-state index contributed by atoms with van der Waals surface area (Å²) in [5.41, 5.74) is 1.80. The largest absolute Gasteiger partial charge is 0.486 e. The van der Waals surface area contributed by atoms with Gasteiger partial charge in [-0.3, -0.25) is 9.20 Å². The van der Waals surface area contributed by atoms with Crippen molar-refractivity contribution >= 4 is 16.3 Å². The highest BCUT2D eigenvalue weighted by molar-refractivity contribution is 7.15. The molecule has 1 aliphatic heterocycles. The number of nitrogens with zero attached hydrogens (tertiary/aromatic N) is 2. The molecule has 124 valence electrons. The molecule has 3 heterocycles. The van der Waals surface area contributed by atoms with E-state index in [1.165, 1.54) is 11.3 Å². The number of nitrogens with one attached hydrogen (secondary N) is 1. The lowest BCUT2D eigenvalue weighted by molar-refractivity contribution is 0.171. The fourth-order valence-corrected chi connectivity index (χ4v) is 3.42. The van der Waals surface area contributed by atoms with Crippen LogP contribution < -0.4 is 20.3 Å². The van der Waals surface area contributed by atoms with E-state index in [4.69, 9.17) is 9.47 Å². The van der Waals surface area contributed by atoms with Gasteiger partial charge in [0.25, 0.3) is 5.56 Å². The molecule has 3 aromatic rings. The van der Waals surface area contributed by atoms with Crippen LogP contribution in [0, 0.1) is 0 Å². The molecule has 0 radical (unpaired) electrons. The topological polar surface area (TPSA) is 64.9 Å². The molecule has 0 amide bonds. The van der Waals surface area contributed by atoms with E-state index in [-0.39, 0.29) is 11.6 Å². The van der Waals surface area contributed by atoms with Crippen LogP contribution in [0.1, 0.15) is 24.2 Å². The van der Waals surface area contributed by atoms with Gasteiger partial charge in [0.15, 0.2) is 16.5 Å². The molecule has 24 heavy (non-hydrogen) atoms. The zero-order valence-electron chi connectivity index (χ0n) is 13.2. The van der Waals surface area contributed by atoms with E-state index in [9.17, 15) is 4.79 Å². The molecule has 0 saturated carbocycles. The zero-order valence-corrected chi connectivity index (χ0v) is 14.0. The first-order valence-electron chi connectivity index (χ1n) is 7.79. The molecule has 0 aliphatic carbocycles. The summed E-state index contributed by atoms with van der Waals surface area (Å²) in [5.74, 6) is 1.57. The van der Waals surface area contributed by atoms with Crippen LogP contribution in [0.25, 0.3) is 4.96 Å². The molecule has 0 spiro atoms. The molecule has 4 rings (SSSR count). The molecule has 6 nitrogen and oxygen atoms in total. The smallest absolute Gasteiger partial charge is 0.258 e. The van der Waals surface area contributed by atoms with Crippen molar-refractivity contribution in [2.45, 2.75) is 19.5 Å². The molecule has 1 N–H and O–H groups in total. The lowest BCUT2D eigenvalue weighted by Gasteiger charge is -2.21. The van der Waals surface area contributed by atoms with Gasteiger partial charge >= 0.3 is 0 Å². The summed E-state index contributed by atoms with van der Waals surface area (Å²) in [6, 6.07) is 7.63. The van der Waals surface area contributed by atoms with E-state index in [2.05, 4.69) is 17.2 Å². The Morgan fingerprint density at radius 1 is 1.29 bits per heavy atom. The maximum absolute atomic E-state index is 12.0. The van der Waals surface area contributed by atoms with Crippen LogP contribution in [0.2, 0.25) is 0 Å². The molecule has 1 atom stereocenters. The summed E-state index contributed by atoms with van der Waals surface area (Å²) < 4.78 is 12.7. The van der Waals surface area contributed by atoms with Crippen LogP contribution in [-0.2, 0) is 6.54 Å². The quantitative estimate of drug-likeness (QED) is 0.788. The van der Waals surface area contributed by atoms with Crippen LogP contribution >= 0.6 is 11.3 Å². The van der Waals surface area contributed by atoms with E-state index < -0.39 is 0 Å². The number of ether oxygens (including phenoxy) is 2. The Morgan fingerprint density at radius 3 is 3.00 bits per heavy atom. The average molecular weight is 343 g/mol. The van der Waals surface area contributed by atoms with E-state index >= 15 is 0 Å². The second-order valence-electron chi connectivity index (χ2n) is 5.65.